The van der Waals surface area contributed by atoms with E-state index in [-0.39, 0.29) is 11.9 Å². The number of hydrogen-bond acceptors (Lipinski definition) is 2. The van der Waals surface area contributed by atoms with Gasteiger partial charge in [-0.2, -0.15) is 0 Å². The summed E-state index contributed by atoms with van der Waals surface area (Å²) in [7, 11) is 0. The van der Waals surface area contributed by atoms with Gasteiger partial charge in [-0.05, 0) is 49.1 Å². The molecule has 0 amide bonds. The van der Waals surface area contributed by atoms with E-state index in [0.29, 0.717) is 16.5 Å². The molecule has 0 heterocycles. The molecule has 2 aromatic rings. The van der Waals surface area contributed by atoms with Crippen LogP contribution in [0.15, 0.2) is 36.4 Å². The molecule has 0 radical (unpaired) electrons. The smallest absolute Gasteiger partial charge is 0.133 e. The molecule has 2 rings (SSSR count). The lowest BCUT2D eigenvalue weighted by Gasteiger charge is -2.13. The van der Waals surface area contributed by atoms with Crippen LogP contribution in [-0.4, -0.2) is 6.04 Å². The van der Waals surface area contributed by atoms with E-state index in [9.17, 15) is 4.39 Å². The fraction of sp³-hybridized carbons (Fsp3) is 0.294. The molecule has 0 aliphatic heterocycles. The van der Waals surface area contributed by atoms with Crippen molar-refractivity contribution >= 4 is 11.6 Å². The molecule has 112 valence electrons. The molecular weight excluding hydrogens is 289 g/mol. The SMILES string of the molecule is CCC(N)Cc1ccc(Oc2cc(F)ccc2C)cc1Cl. The molecular formula is C17H19ClFNO. The highest BCUT2D eigenvalue weighted by atomic mass is 35.5. The van der Waals surface area contributed by atoms with E-state index < -0.39 is 0 Å². The molecule has 0 spiro atoms. The maximum atomic E-state index is 13.3. The van der Waals surface area contributed by atoms with Gasteiger partial charge < -0.3 is 10.5 Å². The van der Waals surface area contributed by atoms with Crippen molar-refractivity contribution in [2.45, 2.75) is 32.7 Å². The van der Waals surface area contributed by atoms with Crippen LogP contribution in [0.4, 0.5) is 4.39 Å². The minimum absolute atomic E-state index is 0.0970. The van der Waals surface area contributed by atoms with Crippen molar-refractivity contribution in [3.05, 3.63) is 58.4 Å². The molecule has 0 aromatic heterocycles. The first-order valence-electron chi connectivity index (χ1n) is 6.97. The summed E-state index contributed by atoms with van der Waals surface area (Å²) in [5.41, 5.74) is 7.80. The first-order chi connectivity index (χ1) is 9.99. The zero-order chi connectivity index (χ0) is 15.4. The van der Waals surface area contributed by atoms with Crippen molar-refractivity contribution in [3.8, 4) is 11.5 Å². The van der Waals surface area contributed by atoms with Gasteiger partial charge in [0.25, 0.3) is 0 Å². The summed E-state index contributed by atoms with van der Waals surface area (Å²) in [6.07, 6.45) is 1.63. The Bertz CT molecular complexity index is 630. The number of hydrogen-bond donors (Lipinski definition) is 1. The third-order valence-corrected chi connectivity index (χ3v) is 3.76. The van der Waals surface area contributed by atoms with E-state index in [2.05, 4.69) is 0 Å². The molecule has 0 fully saturated rings. The number of benzene rings is 2. The van der Waals surface area contributed by atoms with E-state index >= 15 is 0 Å². The van der Waals surface area contributed by atoms with Crippen molar-refractivity contribution in [2.24, 2.45) is 5.73 Å². The van der Waals surface area contributed by atoms with E-state index in [1.54, 1.807) is 12.1 Å². The summed E-state index contributed by atoms with van der Waals surface area (Å²) in [5.74, 6) is 0.749. The van der Waals surface area contributed by atoms with Gasteiger partial charge in [0.1, 0.15) is 17.3 Å². The third-order valence-electron chi connectivity index (χ3n) is 3.41. The molecule has 0 saturated carbocycles. The summed E-state index contributed by atoms with van der Waals surface area (Å²) >= 11 is 6.26. The Morgan fingerprint density at radius 3 is 2.67 bits per heavy atom. The topological polar surface area (TPSA) is 35.2 Å². The van der Waals surface area contributed by atoms with Crippen LogP contribution in [0.25, 0.3) is 0 Å². The van der Waals surface area contributed by atoms with Gasteiger partial charge in [0, 0.05) is 17.1 Å². The van der Waals surface area contributed by atoms with Crippen molar-refractivity contribution < 1.29 is 9.13 Å². The fourth-order valence-corrected chi connectivity index (χ4v) is 2.24. The second-order valence-electron chi connectivity index (χ2n) is 5.14. The van der Waals surface area contributed by atoms with Gasteiger partial charge in [-0.15, -0.1) is 0 Å². The Morgan fingerprint density at radius 2 is 2.00 bits per heavy atom. The number of nitrogens with two attached hydrogens (primary N) is 1. The lowest BCUT2D eigenvalue weighted by atomic mass is 10.0. The Balaban J connectivity index is 2.18. The number of rotatable bonds is 5. The summed E-state index contributed by atoms with van der Waals surface area (Å²) in [6.45, 7) is 3.91. The zero-order valence-electron chi connectivity index (χ0n) is 12.2. The van der Waals surface area contributed by atoms with E-state index in [4.69, 9.17) is 22.1 Å². The Labute approximate surface area is 129 Å². The average molecular weight is 308 g/mol. The third kappa shape index (κ3) is 4.19. The van der Waals surface area contributed by atoms with Gasteiger partial charge in [0.15, 0.2) is 0 Å². The molecule has 21 heavy (non-hydrogen) atoms. The van der Waals surface area contributed by atoms with Crippen LogP contribution in [0.5, 0.6) is 11.5 Å². The van der Waals surface area contributed by atoms with Gasteiger partial charge in [0.05, 0.1) is 0 Å². The average Bonchev–Trinajstić information content (AvgIpc) is 2.45. The summed E-state index contributed by atoms with van der Waals surface area (Å²) in [6, 6.07) is 10.0. The number of halogens is 2. The van der Waals surface area contributed by atoms with Gasteiger partial charge in [-0.3, -0.25) is 0 Å². The Hall–Kier alpha value is -1.58. The monoisotopic (exact) mass is 307 g/mol. The first-order valence-corrected chi connectivity index (χ1v) is 7.35. The lowest BCUT2D eigenvalue weighted by Crippen LogP contribution is -2.21. The first kappa shape index (κ1) is 15.8. The van der Waals surface area contributed by atoms with Gasteiger partial charge >= 0.3 is 0 Å². The van der Waals surface area contributed by atoms with E-state index in [1.807, 2.05) is 26.0 Å². The highest BCUT2D eigenvalue weighted by Crippen LogP contribution is 2.29. The molecule has 4 heteroatoms. The van der Waals surface area contributed by atoms with Crippen LogP contribution in [0.1, 0.15) is 24.5 Å². The van der Waals surface area contributed by atoms with Crippen LogP contribution in [0.3, 0.4) is 0 Å². The predicted octanol–water partition coefficient (Wildman–Crippen LogP) is 4.86. The Kier molecular flexibility index (Phi) is 5.21. The minimum atomic E-state index is -0.327. The van der Waals surface area contributed by atoms with Crippen LogP contribution < -0.4 is 10.5 Å². The van der Waals surface area contributed by atoms with Crippen molar-refractivity contribution in [1.82, 2.24) is 0 Å². The summed E-state index contributed by atoms with van der Waals surface area (Å²) in [4.78, 5) is 0. The van der Waals surface area contributed by atoms with Crippen LogP contribution >= 0.6 is 11.6 Å². The molecule has 2 nitrogen and oxygen atoms in total. The van der Waals surface area contributed by atoms with Gasteiger partial charge in [0.2, 0.25) is 0 Å². The standard InChI is InChI=1S/C17H19ClFNO/c1-3-14(20)8-12-5-7-15(10-16(12)18)21-17-9-13(19)6-4-11(17)2/h4-7,9-10,14H,3,8,20H2,1-2H3. The van der Waals surface area contributed by atoms with Crippen LogP contribution in [0, 0.1) is 12.7 Å². The lowest BCUT2D eigenvalue weighted by molar-refractivity contribution is 0.472. The maximum absolute atomic E-state index is 13.3. The highest BCUT2D eigenvalue weighted by molar-refractivity contribution is 6.31. The second kappa shape index (κ2) is 6.92. The number of ether oxygens (including phenoxy) is 1. The van der Waals surface area contributed by atoms with Crippen molar-refractivity contribution in [1.29, 1.82) is 0 Å². The molecule has 0 saturated heterocycles. The van der Waals surface area contributed by atoms with Gasteiger partial charge in [-0.1, -0.05) is 30.7 Å². The van der Waals surface area contributed by atoms with E-state index in [1.165, 1.54) is 12.1 Å². The highest BCUT2D eigenvalue weighted by Gasteiger charge is 2.09. The van der Waals surface area contributed by atoms with Crippen molar-refractivity contribution in [3.63, 3.8) is 0 Å². The molecule has 0 bridgehead atoms. The molecule has 2 N–H and O–H groups in total. The quantitative estimate of drug-likeness (QED) is 0.856. The van der Waals surface area contributed by atoms with E-state index in [0.717, 1.165) is 24.0 Å². The molecule has 0 aliphatic carbocycles. The summed E-state index contributed by atoms with van der Waals surface area (Å²) < 4.78 is 19.0. The Morgan fingerprint density at radius 1 is 1.24 bits per heavy atom. The summed E-state index contributed by atoms with van der Waals surface area (Å²) in [5, 5.41) is 0.616. The molecule has 1 unspecified atom stereocenters. The van der Waals surface area contributed by atoms with Gasteiger partial charge in [-0.25, -0.2) is 4.39 Å². The maximum Gasteiger partial charge on any atom is 0.133 e. The molecule has 2 aromatic carbocycles. The zero-order valence-corrected chi connectivity index (χ0v) is 13.0. The fourth-order valence-electron chi connectivity index (χ4n) is 1.99. The minimum Gasteiger partial charge on any atom is -0.457 e. The molecule has 0 aliphatic rings. The van der Waals surface area contributed by atoms with Crippen molar-refractivity contribution in [2.75, 3.05) is 0 Å². The van der Waals surface area contributed by atoms with Crippen LogP contribution in [0.2, 0.25) is 5.02 Å². The van der Waals surface area contributed by atoms with Crippen LogP contribution in [-0.2, 0) is 6.42 Å². The second-order valence-corrected chi connectivity index (χ2v) is 5.54. The normalized spacial score (nSPS) is 12.2. The molecule has 1 atom stereocenters. The number of aryl methyl sites for hydroxylation is 1. The largest absolute Gasteiger partial charge is 0.457 e. The predicted molar refractivity (Wildman–Crippen MR) is 84.6 cm³/mol.